The summed E-state index contributed by atoms with van der Waals surface area (Å²) in [6.07, 6.45) is 0.373. The van der Waals surface area contributed by atoms with Crippen molar-refractivity contribution in [1.82, 2.24) is 5.32 Å². The summed E-state index contributed by atoms with van der Waals surface area (Å²) < 4.78 is 26.0. The van der Waals surface area contributed by atoms with E-state index in [1.807, 2.05) is 19.2 Å². The minimum absolute atomic E-state index is 0.0526. The predicted octanol–water partition coefficient (Wildman–Crippen LogP) is 4.08. The van der Waals surface area contributed by atoms with Gasteiger partial charge < -0.3 is 5.32 Å². The van der Waals surface area contributed by atoms with E-state index in [1.54, 1.807) is 24.3 Å². The molecule has 0 aliphatic rings. The SMILES string of the molecule is CC(C)CC(=O)NC[C@H](c1cccs1)S(=O)(=O)c1ccc(Cl)cc1. The molecule has 0 aliphatic carbocycles. The van der Waals surface area contributed by atoms with Gasteiger partial charge in [0.2, 0.25) is 5.91 Å². The molecule has 2 aromatic rings. The third kappa shape index (κ3) is 4.82. The van der Waals surface area contributed by atoms with Crippen LogP contribution in [0.1, 0.15) is 30.4 Å². The average molecular weight is 386 g/mol. The maximum atomic E-state index is 13.0. The zero-order valence-electron chi connectivity index (χ0n) is 13.5. The first-order chi connectivity index (χ1) is 11.3. The molecule has 24 heavy (non-hydrogen) atoms. The Kier molecular flexibility index (Phi) is 6.43. The number of sulfone groups is 1. The van der Waals surface area contributed by atoms with Crippen molar-refractivity contribution in [3.63, 3.8) is 0 Å². The van der Waals surface area contributed by atoms with E-state index < -0.39 is 15.1 Å². The Balaban J connectivity index is 2.26. The van der Waals surface area contributed by atoms with Crippen LogP contribution in [-0.4, -0.2) is 20.9 Å². The third-order valence-electron chi connectivity index (χ3n) is 3.46. The minimum Gasteiger partial charge on any atom is -0.354 e. The Hall–Kier alpha value is -1.37. The fourth-order valence-corrected chi connectivity index (χ4v) is 5.19. The van der Waals surface area contributed by atoms with Crippen LogP contribution in [0, 0.1) is 5.92 Å². The van der Waals surface area contributed by atoms with E-state index in [0.717, 1.165) is 0 Å². The number of hydrogen-bond acceptors (Lipinski definition) is 4. The monoisotopic (exact) mass is 385 g/mol. The van der Waals surface area contributed by atoms with Crippen molar-refractivity contribution in [2.24, 2.45) is 5.92 Å². The van der Waals surface area contributed by atoms with E-state index in [9.17, 15) is 13.2 Å². The number of carbonyl (C=O) groups excluding carboxylic acids is 1. The lowest BCUT2D eigenvalue weighted by atomic mass is 10.1. The number of halogens is 1. The van der Waals surface area contributed by atoms with Gasteiger partial charge in [-0.2, -0.15) is 0 Å². The van der Waals surface area contributed by atoms with Gasteiger partial charge in [0.1, 0.15) is 5.25 Å². The minimum atomic E-state index is -3.63. The Morgan fingerprint density at radius 3 is 2.42 bits per heavy atom. The van der Waals surface area contributed by atoms with Crippen LogP contribution in [0.5, 0.6) is 0 Å². The van der Waals surface area contributed by atoms with Gasteiger partial charge in [0.15, 0.2) is 9.84 Å². The van der Waals surface area contributed by atoms with E-state index in [4.69, 9.17) is 11.6 Å². The summed E-state index contributed by atoms with van der Waals surface area (Å²) >= 11 is 7.21. The number of thiophene rings is 1. The molecule has 0 radical (unpaired) electrons. The molecule has 0 fully saturated rings. The third-order valence-corrected chi connectivity index (χ3v) is 6.94. The smallest absolute Gasteiger partial charge is 0.220 e. The molecular weight excluding hydrogens is 366 g/mol. The van der Waals surface area contributed by atoms with Crippen molar-refractivity contribution in [3.05, 3.63) is 51.7 Å². The Morgan fingerprint density at radius 2 is 1.88 bits per heavy atom. The van der Waals surface area contributed by atoms with E-state index in [1.165, 1.54) is 23.5 Å². The van der Waals surface area contributed by atoms with Crippen molar-refractivity contribution >= 4 is 38.7 Å². The molecule has 0 spiro atoms. The van der Waals surface area contributed by atoms with Crippen molar-refractivity contribution < 1.29 is 13.2 Å². The molecule has 4 nitrogen and oxygen atoms in total. The molecular formula is C17H20ClNO3S2. The van der Waals surface area contributed by atoms with Crippen LogP contribution in [0.25, 0.3) is 0 Å². The molecule has 7 heteroatoms. The summed E-state index contributed by atoms with van der Waals surface area (Å²) in [7, 11) is -3.63. The first-order valence-corrected chi connectivity index (χ1v) is 10.4. The van der Waals surface area contributed by atoms with Gasteiger partial charge in [-0.1, -0.05) is 31.5 Å². The average Bonchev–Trinajstić information content (AvgIpc) is 3.01. The molecule has 1 aromatic heterocycles. The van der Waals surface area contributed by atoms with Gasteiger partial charge in [0.25, 0.3) is 0 Å². The topological polar surface area (TPSA) is 63.2 Å². The summed E-state index contributed by atoms with van der Waals surface area (Å²) in [4.78, 5) is 12.8. The summed E-state index contributed by atoms with van der Waals surface area (Å²) in [5.74, 6) is 0.0796. The van der Waals surface area contributed by atoms with E-state index in [-0.39, 0.29) is 23.3 Å². The van der Waals surface area contributed by atoms with E-state index in [2.05, 4.69) is 5.32 Å². The number of carbonyl (C=O) groups is 1. The Morgan fingerprint density at radius 1 is 1.21 bits per heavy atom. The van der Waals surface area contributed by atoms with Gasteiger partial charge >= 0.3 is 0 Å². The van der Waals surface area contributed by atoms with Crippen molar-refractivity contribution in [2.45, 2.75) is 30.4 Å². The van der Waals surface area contributed by atoms with Crippen LogP contribution in [0.3, 0.4) is 0 Å². The summed E-state index contributed by atoms with van der Waals surface area (Å²) in [5, 5.41) is 4.25. The fraction of sp³-hybridized carbons (Fsp3) is 0.353. The van der Waals surface area contributed by atoms with Crippen LogP contribution in [0.2, 0.25) is 5.02 Å². The molecule has 0 bridgehead atoms. The maximum absolute atomic E-state index is 13.0. The van der Waals surface area contributed by atoms with Crippen LogP contribution in [-0.2, 0) is 14.6 Å². The number of benzene rings is 1. The molecule has 0 saturated heterocycles. The standard InChI is InChI=1S/C17H20ClNO3S2/c1-12(2)10-17(20)19-11-16(15-4-3-9-23-15)24(21,22)14-7-5-13(18)6-8-14/h3-9,12,16H,10-11H2,1-2H3,(H,19,20)/t16-/m1/s1. The number of hydrogen-bond donors (Lipinski definition) is 1. The summed E-state index contributed by atoms with van der Waals surface area (Å²) in [6.45, 7) is 3.94. The van der Waals surface area contributed by atoms with Crippen molar-refractivity contribution in [1.29, 1.82) is 0 Å². The largest absolute Gasteiger partial charge is 0.354 e. The summed E-state index contributed by atoms with van der Waals surface area (Å²) in [5.41, 5.74) is 0. The molecule has 1 amide bonds. The second-order valence-electron chi connectivity index (χ2n) is 5.91. The highest BCUT2D eigenvalue weighted by atomic mass is 35.5. The van der Waals surface area contributed by atoms with Crippen LogP contribution >= 0.6 is 22.9 Å². The normalized spacial score (nSPS) is 13.0. The molecule has 2 rings (SSSR count). The lowest BCUT2D eigenvalue weighted by Gasteiger charge is -2.18. The lowest BCUT2D eigenvalue weighted by Crippen LogP contribution is -2.32. The zero-order valence-corrected chi connectivity index (χ0v) is 15.9. The molecule has 130 valence electrons. The predicted molar refractivity (Wildman–Crippen MR) is 98.2 cm³/mol. The highest BCUT2D eigenvalue weighted by Crippen LogP contribution is 2.31. The molecule has 0 unspecified atom stereocenters. The molecule has 1 heterocycles. The number of nitrogens with one attached hydrogen (secondary N) is 1. The van der Waals surface area contributed by atoms with Gasteiger partial charge in [0, 0.05) is 22.9 Å². The zero-order chi connectivity index (χ0) is 17.7. The molecule has 1 atom stereocenters. The first-order valence-electron chi connectivity index (χ1n) is 7.60. The van der Waals surface area contributed by atoms with Gasteiger partial charge in [-0.3, -0.25) is 4.79 Å². The Labute approximate surface area is 151 Å². The van der Waals surface area contributed by atoms with Gasteiger partial charge in [-0.05, 0) is 41.6 Å². The fourth-order valence-electron chi connectivity index (χ4n) is 2.28. The van der Waals surface area contributed by atoms with Crippen LogP contribution in [0.15, 0.2) is 46.7 Å². The van der Waals surface area contributed by atoms with Gasteiger partial charge in [0.05, 0.1) is 4.90 Å². The number of rotatable bonds is 7. The van der Waals surface area contributed by atoms with Crippen molar-refractivity contribution in [3.8, 4) is 0 Å². The second-order valence-corrected chi connectivity index (χ2v) is 9.45. The van der Waals surface area contributed by atoms with Crippen LogP contribution in [0.4, 0.5) is 0 Å². The highest BCUT2D eigenvalue weighted by molar-refractivity contribution is 7.91. The molecule has 1 N–H and O–H groups in total. The molecule has 0 aliphatic heterocycles. The van der Waals surface area contributed by atoms with Crippen molar-refractivity contribution in [2.75, 3.05) is 6.54 Å². The highest BCUT2D eigenvalue weighted by Gasteiger charge is 2.30. The first kappa shape index (κ1) is 19.0. The Bertz CT molecular complexity index is 769. The van der Waals surface area contributed by atoms with Crippen LogP contribution < -0.4 is 5.32 Å². The molecule has 1 aromatic carbocycles. The quantitative estimate of drug-likeness (QED) is 0.781. The lowest BCUT2D eigenvalue weighted by molar-refractivity contribution is -0.121. The second kappa shape index (κ2) is 8.14. The van der Waals surface area contributed by atoms with E-state index >= 15 is 0 Å². The number of amides is 1. The molecule has 0 saturated carbocycles. The maximum Gasteiger partial charge on any atom is 0.220 e. The summed E-state index contributed by atoms with van der Waals surface area (Å²) in [6, 6.07) is 9.68. The van der Waals surface area contributed by atoms with E-state index in [0.29, 0.717) is 16.3 Å². The van der Waals surface area contributed by atoms with Gasteiger partial charge in [-0.25, -0.2) is 8.42 Å². The van der Waals surface area contributed by atoms with Gasteiger partial charge in [-0.15, -0.1) is 11.3 Å².